The van der Waals surface area contributed by atoms with Crippen molar-refractivity contribution < 1.29 is 4.79 Å². The highest BCUT2D eigenvalue weighted by Gasteiger charge is 2.26. The molecule has 0 spiro atoms. The third-order valence-corrected chi connectivity index (χ3v) is 4.30. The molecule has 0 atom stereocenters. The van der Waals surface area contributed by atoms with Crippen molar-refractivity contribution in [3.05, 3.63) is 44.9 Å². The minimum Gasteiger partial charge on any atom is -0.347 e. The second-order valence-corrected chi connectivity index (χ2v) is 7.08. The molecule has 0 saturated carbocycles. The standard InChI is InChI=1S/C14H16BrN3OS/c1-14(2,3)12-11(20-18-17-12)13(19)16-8-9-6-4-5-7-10(9)15/h4-7H,8H2,1-3H3,(H,16,19). The number of amides is 1. The Morgan fingerprint density at radius 3 is 2.70 bits per heavy atom. The predicted octanol–water partition coefficient (Wildman–Crippen LogP) is 3.53. The molecule has 1 heterocycles. The molecule has 0 unspecified atom stereocenters. The SMILES string of the molecule is CC(C)(C)c1nnsc1C(=O)NCc1ccccc1Br. The highest BCUT2D eigenvalue weighted by molar-refractivity contribution is 9.10. The fraction of sp³-hybridized carbons (Fsp3) is 0.357. The Morgan fingerprint density at radius 2 is 2.05 bits per heavy atom. The van der Waals surface area contributed by atoms with Gasteiger partial charge in [0.2, 0.25) is 0 Å². The lowest BCUT2D eigenvalue weighted by atomic mass is 9.91. The first kappa shape index (κ1) is 15.1. The molecule has 1 N–H and O–H groups in total. The summed E-state index contributed by atoms with van der Waals surface area (Å²) in [6.45, 7) is 6.54. The molecule has 0 aliphatic heterocycles. The van der Waals surface area contributed by atoms with E-state index in [2.05, 4.69) is 30.8 Å². The van der Waals surface area contributed by atoms with Crippen LogP contribution < -0.4 is 5.32 Å². The van der Waals surface area contributed by atoms with Crippen molar-refractivity contribution in [2.45, 2.75) is 32.7 Å². The Morgan fingerprint density at radius 1 is 1.35 bits per heavy atom. The van der Waals surface area contributed by atoms with E-state index in [4.69, 9.17) is 0 Å². The lowest BCUT2D eigenvalue weighted by molar-refractivity contribution is 0.0952. The first-order chi connectivity index (χ1) is 9.39. The Hall–Kier alpha value is -1.27. The number of carbonyl (C=O) groups excluding carboxylic acids is 1. The number of hydrogen-bond donors (Lipinski definition) is 1. The molecule has 0 bridgehead atoms. The van der Waals surface area contributed by atoms with Crippen LogP contribution in [0.25, 0.3) is 0 Å². The van der Waals surface area contributed by atoms with E-state index in [-0.39, 0.29) is 11.3 Å². The van der Waals surface area contributed by atoms with Crippen LogP contribution in [-0.4, -0.2) is 15.5 Å². The normalized spacial score (nSPS) is 11.4. The molecule has 2 rings (SSSR count). The van der Waals surface area contributed by atoms with Crippen molar-refractivity contribution in [1.29, 1.82) is 0 Å². The average molecular weight is 354 g/mol. The molecule has 106 valence electrons. The largest absolute Gasteiger partial charge is 0.347 e. The van der Waals surface area contributed by atoms with Crippen LogP contribution in [-0.2, 0) is 12.0 Å². The highest BCUT2D eigenvalue weighted by atomic mass is 79.9. The average Bonchev–Trinajstić information content (AvgIpc) is 2.86. The number of carbonyl (C=O) groups is 1. The van der Waals surface area contributed by atoms with Gasteiger partial charge >= 0.3 is 0 Å². The fourth-order valence-corrected chi connectivity index (χ4v) is 2.95. The van der Waals surface area contributed by atoms with Gasteiger partial charge in [0, 0.05) is 16.4 Å². The quantitative estimate of drug-likeness (QED) is 0.918. The summed E-state index contributed by atoms with van der Waals surface area (Å²) in [5.41, 5.74) is 1.59. The number of rotatable bonds is 3. The molecular formula is C14H16BrN3OS. The second kappa shape index (κ2) is 6.01. The van der Waals surface area contributed by atoms with Crippen LogP contribution >= 0.6 is 27.5 Å². The van der Waals surface area contributed by atoms with Crippen molar-refractivity contribution in [3.63, 3.8) is 0 Å². The van der Waals surface area contributed by atoms with E-state index in [0.29, 0.717) is 11.4 Å². The van der Waals surface area contributed by atoms with E-state index in [1.54, 1.807) is 0 Å². The van der Waals surface area contributed by atoms with Gasteiger partial charge in [-0.15, -0.1) is 5.10 Å². The molecule has 0 aliphatic carbocycles. The zero-order valence-electron chi connectivity index (χ0n) is 11.6. The number of aromatic nitrogens is 2. The van der Waals surface area contributed by atoms with Gasteiger partial charge in [0.1, 0.15) is 4.88 Å². The van der Waals surface area contributed by atoms with Crippen molar-refractivity contribution in [2.24, 2.45) is 0 Å². The molecule has 2 aromatic rings. The maximum absolute atomic E-state index is 12.3. The third kappa shape index (κ3) is 3.43. The van der Waals surface area contributed by atoms with E-state index in [1.807, 2.05) is 45.0 Å². The maximum atomic E-state index is 12.3. The maximum Gasteiger partial charge on any atom is 0.265 e. The second-order valence-electron chi connectivity index (χ2n) is 5.47. The summed E-state index contributed by atoms with van der Waals surface area (Å²) in [4.78, 5) is 12.8. The Balaban J connectivity index is 2.10. The Kier molecular flexibility index (Phi) is 4.55. The highest BCUT2D eigenvalue weighted by Crippen LogP contribution is 2.25. The molecule has 0 saturated heterocycles. The molecule has 1 amide bonds. The van der Waals surface area contributed by atoms with Crippen molar-refractivity contribution in [1.82, 2.24) is 14.9 Å². The zero-order chi connectivity index (χ0) is 14.8. The van der Waals surface area contributed by atoms with Gasteiger partial charge in [0.15, 0.2) is 0 Å². The summed E-state index contributed by atoms with van der Waals surface area (Å²) >= 11 is 4.61. The molecule has 4 nitrogen and oxygen atoms in total. The zero-order valence-corrected chi connectivity index (χ0v) is 14.0. The number of nitrogens with zero attached hydrogens (tertiary/aromatic N) is 2. The van der Waals surface area contributed by atoms with Crippen LogP contribution in [0.3, 0.4) is 0 Å². The van der Waals surface area contributed by atoms with E-state index in [9.17, 15) is 4.79 Å². The van der Waals surface area contributed by atoms with Gasteiger partial charge < -0.3 is 5.32 Å². The van der Waals surface area contributed by atoms with Gasteiger partial charge in [0.05, 0.1) is 5.69 Å². The summed E-state index contributed by atoms with van der Waals surface area (Å²) in [6.07, 6.45) is 0. The molecule has 20 heavy (non-hydrogen) atoms. The van der Waals surface area contributed by atoms with E-state index < -0.39 is 0 Å². The van der Waals surface area contributed by atoms with E-state index >= 15 is 0 Å². The van der Waals surface area contributed by atoms with Crippen LogP contribution in [0.4, 0.5) is 0 Å². The summed E-state index contributed by atoms with van der Waals surface area (Å²) in [5.74, 6) is -0.124. The number of halogens is 1. The van der Waals surface area contributed by atoms with Crippen LogP contribution in [0.2, 0.25) is 0 Å². The molecule has 6 heteroatoms. The van der Waals surface area contributed by atoms with Gasteiger partial charge in [0.25, 0.3) is 5.91 Å². The van der Waals surface area contributed by atoms with Gasteiger partial charge in [-0.3, -0.25) is 4.79 Å². The first-order valence-electron chi connectivity index (χ1n) is 6.24. The van der Waals surface area contributed by atoms with Crippen LogP contribution in [0, 0.1) is 0 Å². The lowest BCUT2D eigenvalue weighted by Gasteiger charge is -2.16. The van der Waals surface area contributed by atoms with Crippen LogP contribution in [0.15, 0.2) is 28.7 Å². The Bertz CT molecular complexity index is 619. The summed E-state index contributed by atoms with van der Waals surface area (Å²) in [5, 5.41) is 7.00. The Labute approximate surface area is 130 Å². The van der Waals surface area contributed by atoms with Gasteiger partial charge in [-0.2, -0.15) is 0 Å². The van der Waals surface area contributed by atoms with Crippen molar-refractivity contribution in [3.8, 4) is 0 Å². The summed E-state index contributed by atoms with van der Waals surface area (Å²) in [6, 6.07) is 7.82. The third-order valence-electron chi connectivity index (χ3n) is 2.80. The van der Waals surface area contributed by atoms with Gasteiger partial charge in [-0.1, -0.05) is 59.4 Å². The smallest absolute Gasteiger partial charge is 0.265 e. The van der Waals surface area contributed by atoms with Crippen molar-refractivity contribution >= 4 is 33.4 Å². The fourth-order valence-electron chi connectivity index (χ4n) is 1.73. The lowest BCUT2D eigenvalue weighted by Crippen LogP contribution is -2.26. The summed E-state index contributed by atoms with van der Waals surface area (Å²) in [7, 11) is 0. The minimum atomic E-state index is -0.187. The molecular weight excluding hydrogens is 338 g/mol. The molecule has 0 fully saturated rings. The van der Waals surface area contributed by atoms with E-state index in [0.717, 1.165) is 27.3 Å². The van der Waals surface area contributed by atoms with Crippen LogP contribution in [0.1, 0.15) is 41.7 Å². The van der Waals surface area contributed by atoms with Gasteiger partial charge in [-0.05, 0) is 23.2 Å². The van der Waals surface area contributed by atoms with E-state index in [1.165, 1.54) is 0 Å². The number of nitrogens with one attached hydrogen (secondary N) is 1. The number of benzene rings is 1. The van der Waals surface area contributed by atoms with Crippen molar-refractivity contribution in [2.75, 3.05) is 0 Å². The monoisotopic (exact) mass is 353 g/mol. The molecule has 0 aliphatic rings. The predicted molar refractivity (Wildman–Crippen MR) is 83.9 cm³/mol. The molecule has 1 aromatic carbocycles. The van der Waals surface area contributed by atoms with Crippen LogP contribution in [0.5, 0.6) is 0 Å². The topological polar surface area (TPSA) is 54.9 Å². The molecule has 0 radical (unpaired) electrons. The minimum absolute atomic E-state index is 0.124. The number of hydrogen-bond acceptors (Lipinski definition) is 4. The summed E-state index contributed by atoms with van der Waals surface area (Å²) < 4.78 is 4.89. The first-order valence-corrected chi connectivity index (χ1v) is 7.80. The van der Waals surface area contributed by atoms with Gasteiger partial charge in [-0.25, -0.2) is 0 Å². The molecule has 1 aromatic heterocycles.